The van der Waals surface area contributed by atoms with Gasteiger partial charge in [0.05, 0.1) is 12.2 Å². The maximum absolute atomic E-state index is 12.6. The molecule has 3 aliphatic carbocycles. The van der Waals surface area contributed by atoms with Crippen molar-refractivity contribution in [3.8, 4) is 0 Å². The number of hydrogen-bond donors (Lipinski definition) is 3. The van der Waals surface area contributed by atoms with Crippen LogP contribution in [0.15, 0.2) is 24.3 Å². The van der Waals surface area contributed by atoms with E-state index < -0.39 is 6.10 Å². The van der Waals surface area contributed by atoms with E-state index in [1.54, 1.807) is 6.92 Å². The van der Waals surface area contributed by atoms with Crippen LogP contribution in [-0.4, -0.2) is 35.7 Å². The van der Waals surface area contributed by atoms with Crippen molar-refractivity contribution in [1.29, 1.82) is 0 Å². The zero-order valence-electron chi connectivity index (χ0n) is 20.8. The summed E-state index contributed by atoms with van der Waals surface area (Å²) in [5.41, 5.74) is 1.90. The average Bonchev–Trinajstić information content (AvgIpc) is 3.15. The summed E-state index contributed by atoms with van der Waals surface area (Å²) in [4.78, 5) is 24.6. The average molecular weight is 469 g/mol. The van der Waals surface area contributed by atoms with Crippen LogP contribution in [0.4, 0.5) is 5.69 Å². The summed E-state index contributed by atoms with van der Waals surface area (Å²) in [5.74, 6) is 2.12. The van der Waals surface area contributed by atoms with Gasteiger partial charge >= 0.3 is 0 Å². The monoisotopic (exact) mass is 468 g/mol. The predicted molar refractivity (Wildman–Crippen MR) is 131 cm³/mol. The van der Waals surface area contributed by atoms with Gasteiger partial charge in [-0.05, 0) is 98.1 Å². The molecule has 0 aromatic heterocycles. The number of carbonyl (C=O) groups is 2. The molecule has 4 fully saturated rings. The third-order valence-corrected chi connectivity index (χ3v) is 10.1. The van der Waals surface area contributed by atoms with Crippen molar-refractivity contribution < 1.29 is 19.4 Å². The molecule has 3 saturated carbocycles. The highest BCUT2D eigenvalue weighted by molar-refractivity contribution is 5.91. The number of ether oxygens (including phenoxy) is 1. The lowest BCUT2D eigenvalue weighted by Gasteiger charge is -2.60. The molecule has 1 aliphatic heterocycles. The standard InChI is InChI=1S/C28H40N2O4/c1-17(31)18-4-6-19(7-5-18)29-26(33)16-34-24-11-9-21-20-8-10-23-27(2,15-13-25(32)30-23)22(20)12-14-28(21,24)3/h4-7,17,20-24,31H,8-16H2,1-3H3,(H,29,33)(H,30,32)/t17-,20-,21-,22+,23?,24?,27+,28-/m0/s1. The number of nitrogens with one attached hydrogen (secondary N) is 2. The first kappa shape index (κ1) is 23.8. The van der Waals surface area contributed by atoms with Gasteiger partial charge in [-0.1, -0.05) is 26.0 Å². The topological polar surface area (TPSA) is 87.7 Å². The van der Waals surface area contributed by atoms with Crippen LogP contribution in [0, 0.1) is 28.6 Å². The molecule has 2 amide bonds. The number of fused-ring (bicyclic) bond motifs is 5. The molecule has 6 nitrogen and oxygen atoms in total. The van der Waals surface area contributed by atoms with Gasteiger partial charge in [-0.2, -0.15) is 0 Å². The van der Waals surface area contributed by atoms with Gasteiger partial charge in [0.1, 0.15) is 6.61 Å². The number of hydrogen-bond acceptors (Lipinski definition) is 4. The molecule has 2 unspecified atom stereocenters. The number of aliphatic hydroxyl groups is 1. The maximum Gasteiger partial charge on any atom is 0.250 e. The largest absolute Gasteiger partial charge is 0.389 e. The number of piperidine rings is 1. The normalized spacial score (nSPS) is 39.9. The van der Waals surface area contributed by atoms with E-state index in [1.165, 1.54) is 19.3 Å². The molecule has 5 rings (SSSR count). The fourth-order valence-electron chi connectivity index (χ4n) is 8.15. The van der Waals surface area contributed by atoms with Crippen LogP contribution in [0.25, 0.3) is 0 Å². The van der Waals surface area contributed by atoms with Gasteiger partial charge in [0, 0.05) is 18.2 Å². The molecule has 8 atom stereocenters. The molecule has 1 aromatic rings. The quantitative estimate of drug-likeness (QED) is 0.590. The first-order valence-corrected chi connectivity index (χ1v) is 13.2. The molecule has 3 N–H and O–H groups in total. The summed E-state index contributed by atoms with van der Waals surface area (Å²) < 4.78 is 6.29. The minimum Gasteiger partial charge on any atom is -0.389 e. The van der Waals surface area contributed by atoms with Crippen molar-refractivity contribution in [2.45, 2.75) is 90.4 Å². The summed E-state index contributed by atoms with van der Waals surface area (Å²) in [6, 6.07) is 7.63. The Morgan fingerprint density at radius 2 is 1.82 bits per heavy atom. The zero-order chi connectivity index (χ0) is 24.1. The lowest BCUT2D eigenvalue weighted by Crippen LogP contribution is -2.61. The molecule has 6 heteroatoms. The van der Waals surface area contributed by atoms with Gasteiger partial charge in [-0.25, -0.2) is 0 Å². The van der Waals surface area contributed by atoms with Crippen molar-refractivity contribution in [3.05, 3.63) is 29.8 Å². The molecule has 0 spiro atoms. The van der Waals surface area contributed by atoms with Crippen LogP contribution in [0.5, 0.6) is 0 Å². The van der Waals surface area contributed by atoms with Crippen LogP contribution in [0.3, 0.4) is 0 Å². The molecule has 0 bridgehead atoms. The van der Waals surface area contributed by atoms with E-state index in [9.17, 15) is 14.7 Å². The van der Waals surface area contributed by atoms with E-state index in [-0.39, 0.29) is 35.4 Å². The van der Waals surface area contributed by atoms with Gasteiger partial charge in [0.25, 0.3) is 0 Å². The minimum atomic E-state index is -0.520. The summed E-state index contributed by atoms with van der Waals surface area (Å²) in [6.45, 7) is 6.63. The summed E-state index contributed by atoms with van der Waals surface area (Å²) in [7, 11) is 0. The molecule has 1 heterocycles. The molecule has 186 valence electrons. The number of rotatable bonds is 5. The molecular formula is C28H40N2O4. The van der Waals surface area contributed by atoms with E-state index in [4.69, 9.17) is 4.74 Å². The number of amides is 2. The Hall–Kier alpha value is -1.92. The Morgan fingerprint density at radius 1 is 1.09 bits per heavy atom. The smallest absolute Gasteiger partial charge is 0.250 e. The lowest BCUT2D eigenvalue weighted by atomic mass is 9.47. The summed E-state index contributed by atoms with van der Waals surface area (Å²) in [5, 5.41) is 15.9. The van der Waals surface area contributed by atoms with Crippen LogP contribution >= 0.6 is 0 Å². The Balaban J connectivity index is 1.20. The van der Waals surface area contributed by atoms with Gasteiger partial charge in [0.15, 0.2) is 0 Å². The number of carbonyl (C=O) groups excluding carboxylic acids is 2. The SMILES string of the molecule is C[C@H](O)c1ccc(NC(=O)COC2CC[C@H]3[C@@H]4CCC5NC(=O)CC[C@]5(C)[C@@H]4CC[C@]23C)cc1. The van der Waals surface area contributed by atoms with E-state index in [1.807, 2.05) is 24.3 Å². The number of anilines is 1. The number of benzene rings is 1. The van der Waals surface area contributed by atoms with E-state index in [0.29, 0.717) is 30.2 Å². The van der Waals surface area contributed by atoms with Crippen LogP contribution in [0.2, 0.25) is 0 Å². The third-order valence-electron chi connectivity index (χ3n) is 10.1. The summed E-state index contributed by atoms with van der Waals surface area (Å²) in [6.07, 6.45) is 8.12. The molecule has 1 aromatic carbocycles. The second-order valence-corrected chi connectivity index (χ2v) is 11.8. The Morgan fingerprint density at radius 3 is 2.56 bits per heavy atom. The van der Waals surface area contributed by atoms with Crippen LogP contribution < -0.4 is 10.6 Å². The molecule has 4 aliphatic rings. The van der Waals surface area contributed by atoms with Crippen molar-refractivity contribution in [2.24, 2.45) is 28.6 Å². The first-order chi connectivity index (χ1) is 16.2. The highest BCUT2D eigenvalue weighted by atomic mass is 16.5. The highest BCUT2D eigenvalue weighted by Gasteiger charge is 2.60. The van der Waals surface area contributed by atoms with Crippen molar-refractivity contribution in [1.82, 2.24) is 5.32 Å². The van der Waals surface area contributed by atoms with E-state index in [0.717, 1.165) is 36.9 Å². The van der Waals surface area contributed by atoms with E-state index in [2.05, 4.69) is 24.5 Å². The maximum atomic E-state index is 12.6. The van der Waals surface area contributed by atoms with Crippen LogP contribution in [-0.2, 0) is 14.3 Å². The van der Waals surface area contributed by atoms with Gasteiger partial charge in [-0.3, -0.25) is 9.59 Å². The van der Waals surface area contributed by atoms with Gasteiger partial charge < -0.3 is 20.5 Å². The predicted octanol–water partition coefficient (Wildman–Crippen LogP) is 4.58. The van der Waals surface area contributed by atoms with Crippen molar-refractivity contribution in [3.63, 3.8) is 0 Å². The fraction of sp³-hybridized carbons (Fsp3) is 0.714. The minimum absolute atomic E-state index is 0.0745. The second kappa shape index (κ2) is 8.94. The fourth-order valence-corrected chi connectivity index (χ4v) is 8.15. The van der Waals surface area contributed by atoms with Gasteiger partial charge in [-0.15, -0.1) is 0 Å². The lowest BCUT2D eigenvalue weighted by molar-refractivity contribution is -0.143. The summed E-state index contributed by atoms with van der Waals surface area (Å²) >= 11 is 0. The van der Waals surface area contributed by atoms with Crippen LogP contribution in [0.1, 0.15) is 83.8 Å². The Labute approximate surface area is 203 Å². The molecular weight excluding hydrogens is 428 g/mol. The molecule has 1 saturated heterocycles. The molecule has 34 heavy (non-hydrogen) atoms. The van der Waals surface area contributed by atoms with Gasteiger partial charge in [0.2, 0.25) is 11.8 Å². The second-order valence-electron chi connectivity index (χ2n) is 11.8. The Kier molecular flexibility index (Phi) is 6.26. The highest BCUT2D eigenvalue weighted by Crippen LogP contribution is 2.64. The Bertz CT molecular complexity index is 931. The van der Waals surface area contributed by atoms with Crippen molar-refractivity contribution in [2.75, 3.05) is 11.9 Å². The van der Waals surface area contributed by atoms with E-state index >= 15 is 0 Å². The van der Waals surface area contributed by atoms with Crippen molar-refractivity contribution >= 4 is 17.5 Å². The number of aliphatic hydroxyl groups excluding tert-OH is 1. The zero-order valence-corrected chi connectivity index (χ0v) is 20.8. The first-order valence-electron chi connectivity index (χ1n) is 13.2. The molecule has 0 radical (unpaired) electrons. The third kappa shape index (κ3) is 4.07.